The molecular weight excluding hydrogens is 242 g/mol. The Labute approximate surface area is 111 Å². The Morgan fingerprint density at radius 2 is 2.00 bits per heavy atom. The van der Waals surface area contributed by atoms with E-state index in [2.05, 4.69) is 15.3 Å². The molecule has 1 aromatic heterocycles. The summed E-state index contributed by atoms with van der Waals surface area (Å²) >= 11 is 0. The Morgan fingerprint density at radius 3 is 2.68 bits per heavy atom. The molecular formula is C14H17N3O2. The van der Waals surface area contributed by atoms with Gasteiger partial charge in [-0.2, -0.15) is 0 Å². The number of rotatable bonds is 4. The minimum absolute atomic E-state index is 0.221. The highest BCUT2D eigenvalue weighted by Crippen LogP contribution is 2.11. The lowest BCUT2D eigenvalue weighted by atomic mass is 10.0. The highest BCUT2D eigenvalue weighted by molar-refractivity contribution is 5.97. The topological polar surface area (TPSA) is 75.1 Å². The van der Waals surface area contributed by atoms with Gasteiger partial charge < -0.3 is 10.4 Å². The van der Waals surface area contributed by atoms with Crippen molar-refractivity contribution in [2.45, 2.75) is 25.9 Å². The van der Waals surface area contributed by atoms with Crippen molar-refractivity contribution < 1.29 is 9.90 Å². The van der Waals surface area contributed by atoms with Gasteiger partial charge in [0, 0.05) is 24.5 Å². The standard InChI is InChI=1S/C14H17N3O2/c1-3-14(2,19)9-17-13(18)10-4-5-11-12(8-10)16-7-6-15-11/h4-8,19H,3,9H2,1-2H3,(H,17,18). The fraction of sp³-hybridized carbons (Fsp3) is 0.357. The van der Waals surface area contributed by atoms with Crippen LogP contribution in [0.2, 0.25) is 0 Å². The zero-order valence-corrected chi connectivity index (χ0v) is 11.1. The maximum Gasteiger partial charge on any atom is 0.251 e. The van der Waals surface area contributed by atoms with Gasteiger partial charge in [-0.1, -0.05) is 6.92 Å². The van der Waals surface area contributed by atoms with Crippen LogP contribution in [0.1, 0.15) is 30.6 Å². The predicted octanol–water partition coefficient (Wildman–Crippen LogP) is 1.52. The van der Waals surface area contributed by atoms with Gasteiger partial charge in [0.15, 0.2) is 0 Å². The maximum atomic E-state index is 12.0. The fourth-order valence-corrected chi connectivity index (χ4v) is 1.60. The minimum Gasteiger partial charge on any atom is -0.388 e. The number of amides is 1. The molecule has 2 N–H and O–H groups in total. The van der Waals surface area contributed by atoms with Crippen molar-refractivity contribution in [3.63, 3.8) is 0 Å². The van der Waals surface area contributed by atoms with E-state index in [1.54, 1.807) is 37.5 Å². The van der Waals surface area contributed by atoms with Gasteiger partial charge in [-0.15, -0.1) is 0 Å². The number of hydrogen-bond acceptors (Lipinski definition) is 4. The molecule has 2 aromatic rings. The van der Waals surface area contributed by atoms with E-state index in [-0.39, 0.29) is 12.5 Å². The third-order valence-corrected chi connectivity index (χ3v) is 3.12. The number of carbonyl (C=O) groups is 1. The van der Waals surface area contributed by atoms with Crippen molar-refractivity contribution in [3.8, 4) is 0 Å². The monoisotopic (exact) mass is 259 g/mol. The molecule has 0 radical (unpaired) electrons. The van der Waals surface area contributed by atoms with Crippen LogP contribution in [-0.4, -0.2) is 33.1 Å². The fourth-order valence-electron chi connectivity index (χ4n) is 1.60. The number of benzene rings is 1. The van der Waals surface area contributed by atoms with Gasteiger partial charge in [0.25, 0.3) is 5.91 Å². The summed E-state index contributed by atoms with van der Waals surface area (Å²) in [5, 5.41) is 12.6. The summed E-state index contributed by atoms with van der Waals surface area (Å²) < 4.78 is 0. The van der Waals surface area contributed by atoms with Crippen LogP contribution in [-0.2, 0) is 0 Å². The molecule has 1 atom stereocenters. The van der Waals surface area contributed by atoms with Crippen LogP contribution < -0.4 is 5.32 Å². The van der Waals surface area contributed by atoms with Crippen LogP contribution in [0, 0.1) is 0 Å². The molecule has 1 aromatic carbocycles. The highest BCUT2D eigenvalue weighted by atomic mass is 16.3. The van der Waals surface area contributed by atoms with Crippen LogP contribution in [0.25, 0.3) is 11.0 Å². The molecule has 5 nitrogen and oxygen atoms in total. The molecule has 1 amide bonds. The second kappa shape index (κ2) is 5.32. The van der Waals surface area contributed by atoms with Crippen LogP contribution in [0.5, 0.6) is 0 Å². The Balaban J connectivity index is 2.13. The molecule has 0 saturated heterocycles. The number of nitrogens with one attached hydrogen (secondary N) is 1. The quantitative estimate of drug-likeness (QED) is 0.873. The molecule has 0 aliphatic carbocycles. The molecule has 0 fully saturated rings. The van der Waals surface area contributed by atoms with Crippen LogP contribution in [0.4, 0.5) is 0 Å². The number of fused-ring (bicyclic) bond motifs is 1. The molecule has 1 unspecified atom stereocenters. The number of carbonyl (C=O) groups excluding carboxylic acids is 1. The van der Waals surface area contributed by atoms with Gasteiger partial charge in [-0.3, -0.25) is 14.8 Å². The minimum atomic E-state index is -0.883. The average molecular weight is 259 g/mol. The van der Waals surface area contributed by atoms with Crippen molar-refractivity contribution >= 4 is 16.9 Å². The molecule has 0 saturated carbocycles. The second-order valence-electron chi connectivity index (χ2n) is 4.79. The maximum absolute atomic E-state index is 12.0. The Morgan fingerprint density at radius 1 is 1.32 bits per heavy atom. The summed E-state index contributed by atoms with van der Waals surface area (Å²) in [6.45, 7) is 3.79. The van der Waals surface area contributed by atoms with Crippen molar-refractivity contribution in [3.05, 3.63) is 36.2 Å². The summed E-state index contributed by atoms with van der Waals surface area (Å²) in [6, 6.07) is 5.15. The number of aromatic nitrogens is 2. The number of aliphatic hydroxyl groups is 1. The van der Waals surface area contributed by atoms with Gasteiger partial charge in [-0.25, -0.2) is 0 Å². The molecule has 5 heteroatoms. The first kappa shape index (κ1) is 13.4. The summed E-state index contributed by atoms with van der Waals surface area (Å²) in [4.78, 5) is 20.3. The normalized spacial score (nSPS) is 14.1. The lowest BCUT2D eigenvalue weighted by molar-refractivity contribution is 0.0518. The Bertz CT molecular complexity index is 596. The Hall–Kier alpha value is -2.01. The van der Waals surface area contributed by atoms with Gasteiger partial charge in [-0.05, 0) is 31.5 Å². The van der Waals surface area contributed by atoms with E-state index in [1.807, 2.05) is 6.92 Å². The van der Waals surface area contributed by atoms with Crippen molar-refractivity contribution in [2.24, 2.45) is 0 Å². The van der Waals surface area contributed by atoms with Crippen LogP contribution in [0.3, 0.4) is 0 Å². The molecule has 1 heterocycles. The largest absolute Gasteiger partial charge is 0.388 e. The summed E-state index contributed by atoms with van der Waals surface area (Å²) in [5.41, 5.74) is 1.06. The first-order valence-corrected chi connectivity index (χ1v) is 6.23. The van der Waals surface area contributed by atoms with E-state index >= 15 is 0 Å². The van der Waals surface area contributed by atoms with E-state index < -0.39 is 5.60 Å². The smallest absolute Gasteiger partial charge is 0.251 e. The molecule has 2 rings (SSSR count). The molecule has 100 valence electrons. The molecule has 0 bridgehead atoms. The van der Waals surface area contributed by atoms with Crippen LogP contribution >= 0.6 is 0 Å². The zero-order valence-electron chi connectivity index (χ0n) is 11.1. The van der Waals surface area contributed by atoms with Crippen molar-refractivity contribution in [2.75, 3.05) is 6.54 Å². The molecule has 0 aliphatic heterocycles. The average Bonchev–Trinajstić information content (AvgIpc) is 2.44. The SMILES string of the molecule is CCC(C)(O)CNC(=O)c1ccc2nccnc2c1. The zero-order chi connectivity index (χ0) is 13.9. The van der Waals surface area contributed by atoms with E-state index in [0.717, 1.165) is 5.52 Å². The van der Waals surface area contributed by atoms with E-state index in [4.69, 9.17) is 0 Å². The van der Waals surface area contributed by atoms with E-state index in [0.29, 0.717) is 17.5 Å². The van der Waals surface area contributed by atoms with Gasteiger partial charge >= 0.3 is 0 Å². The Kier molecular flexibility index (Phi) is 3.76. The van der Waals surface area contributed by atoms with E-state index in [9.17, 15) is 9.90 Å². The summed E-state index contributed by atoms with van der Waals surface area (Å²) in [5.74, 6) is -0.221. The van der Waals surface area contributed by atoms with Crippen molar-refractivity contribution in [1.82, 2.24) is 15.3 Å². The van der Waals surface area contributed by atoms with E-state index in [1.165, 1.54) is 0 Å². The van der Waals surface area contributed by atoms with Gasteiger partial charge in [0.05, 0.1) is 16.6 Å². The second-order valence-corrected chi connectivity index (χ2v) is 4.79. The highest BCUT2D eigenvalue weighted by Gasteiger charge is 2.18. The van der Waals surface area contributed by atoms with Crippen molar-refractivity contribution in [1.29, 1.82) is 0 Å². The summed E-state index contributed by atoms with van der Waals surface area (Å²) in [7, 11) is 0. The lowest BCUT2D eigenvalue weighted by Crippen LogP contribution is -2.40. The molecule has 0 aliphatic rings. The molecule has 19 heavy (non-hydrogen) atoms. The molecule has 0 spiro atoms. The predicted molar refractivity (Wildman–Crippen MR) is 72.8 cm³/mol. The third-order valence-electron chi connectivity index (χ3n) is 3.12. The number of hydrogen-bond donors (Lipinski definition) is 2. The van der Waals surface area contributed by atoms with Crippen LogP contribution in [0.15, 0.2) is 30.6 Å². The summed E-state index contributed by atoms with van der Waals surface area (Å²) in [6.07, 6.45) is 3.78. The third kappa shape index (κ3) is 3.26. The van der Waals surface area contributed by atoms with Gasteiger partial charge in [0.2, 0.25) is 0 Å². The first-order valence-electron chi connectivity index (χ1n) is 6.23. The lowest BCUT2D eigenvalue weighted by Gasteiger charge is -2.21. The number of nitrogens with zero attached hydrogens (tertiary/aromatic N) is 2. The first-order chi connectivity index (χ1) is 9.02. The van der Waals surface area contributed by atoms with Gasteiger partial charge in [0.1, 0.15) is 0 Å².